The molecule has 4 nitrogen and oxygen atoms in total. The minimum Gasteiger partial charge on any atom is -0.479 e. The minimum atomic E-state index is -0.935. The number of pyridine rings is 1. The van der Waals surface area contributed by atoms with Gasteiger partial charge in [0.05, 0.1) is 0 Å². The summed E-state index contributed by atoms with van der Waals surface area (Å²) in [6, 6.07) is 11.4. The lowest BCUT2D eigenvalue weighted by Crippen LogP contribution is -2.28. The molecule has 0 radical (unpaired) electrons. The topological polar surface area (TPSA) is 59.4 Å². The zero-order chi connectivity index (χ0) is 16.8. The van der Waals surface area contributed by atoms with E-state index in [0.29, 0.717) is 6.42 Å². The van der Waals surface area contributed by atoms with Crippen molar-refractivity contribution in [2.24, 2.45) is 5.92 Å². The van der Waals surface area contributed by atoms with Crippen molar-refractivity contribution in [3.05, 3.63) is 64.4 Å². The Morgan fingerprint density at radius 1 is 1.13 bits per heavy atom. The van der Waals surface area contributed by atoms with Gasteiger partial charge in [-0.3, -0.25) is 4.98 Å². The fourth-order valence-corrected chi connectivity index (χ4v) is 2.60. The van der Waals surface area contributed by atoms with Crippen molar-refractivity contribution < 1.29 is 14.6 Å². The van der Waals surface area contributed by atoms with Gasteiger partial charge in [-0.05, 0) is 47.7 Å². The van der Waals surface area contributed by atoms with Crippen LogP contribution in [0.5, 0.6) is 0 Å². The highest BCUT2D eigenvalue weighted by molar-refractivity contribution is 9.10. The maximum atomic E-state index is 11.5. The summed E-state index contributed by atoms with van der Waals surface area (Å²) in [4.78, 5) is 15.6. The Bertz CT molecular complexity index is 628. The molecule has 2 aromatic rings. The van der Waals surface area contributed by atoms with Gasteiger partial charge >= 0.3 is 5.97 Å². The van der Waals surface area contributed by atoms with Crippen LogP contribution in [0.15, 0.2) is 53.3 Å². The zero-order valence-corrected chi connectivity index (χ0v) is 14.7. The lowest BCUT2D eigenvalue weighted by Gasteiger charge is -2.24. The Morgan fingerprint density at radius 2 is 1.70 bits per heavy atom. The monoisotopic (exact) mass is 377 g/mol. The first-order valence-corrected chi connectivity index (χ1v) is 8.30. The van der Waals surface area contributed by atoms with E-state index in [9.17, 15) is 9.90 Å². The van der Waals surface area contributed by atoms with Crippen LogP contribution < -0.4 is 0 Å². The van der Waals surface area contributed by atoms with Crippen LogP contribution in [0.2, 0.25) is 0 Å². The van der Waals surface area contributed by atoms with Gasteiger partial charge in [0.15, 0.2) is 6.10 Å². The molecule has 1 aromatic carbocycles. The molecule has 0 aliphatic heterocycles. The normalized spacial score (nSPS) is 13.7. The summed E-state index contributed by atoms with van der Waals surface area (Å²) < 4.78 is 6.96. The summed E-state index contributed by atoms with van der Waals surface area (Å²) in [5, 5.41) is 9.46. The number of nitrogens with zero attached hydrogens (tertiary/aromatic N) is 1. The second kappa shape index (κ2) is 8.22. The molecule has 5 heteroatoms. The van der Waals surface area contributed by atoms with E-state index in [0.717, 1.165) is 15.6 Å². The number of aliphatic carboxylic acids is 1. The first kappa shape index (κ1) is 17.6. The molecular weight excluding hydrogens is 358 g/mol. The largest absolute Gasteiger partial charge is 0.479 e. The van der Waals surface area contributed by atoms with Crippen molar-refractivity contribution in [1.29, 1.82) is 0 Å². The van der Waals surface area contributed by atoms with Crippen LogP contribution in [-0.4, -0.2) is 22.2 Å². The average Bonchev–Trinajstić information content (AvgIpc) is 2.53. The molecular formula is C18H20BrNO3. The number of aromatic nitrogens is 1. The number of benzene rings is 1. The van der Waals surface area contributed by atoms with E-state index < -0.39 is 18.2 Å². The number of ether oxygens (including phenoxy) is 1. The van der Waals surface area contributed by atoms with Crippen molar-refractivity contribution in [1.82, 2.24) is 4.98 Å². The van der Waals surface area contributed by atoms with Crippen molar-refractivity contribution in [3.8, 4) is 0 Å². The first-order valence-electron chi connectivity index (χ1n) is 7.51. The Hall–Kier alpha value is -1.72. The molecule has 0 saturated carbocycles. The minimum absolute atomic E-state index is 0.235. The Labute approximate surface area is 144 Å². The molecule has 0 amide bonds. The second-order valence-electron chi connectivity index (χ2n) is 5.80. The van der Waals surface area contributed by atoms with Crippen LogP contribution >= 0.6 is 15.9 Å². The number of rotatable bonds is 7. The van der Waals surface area contributed by atoms with Gasteiger partial charge in [0.25, 0.3) is 0 Å². The average molecular weight is 378 g/mol. The molecule has 0 saturated heterocycles. The molecule has 2 rings (SSSR count). The summed E-state index contributed by atoms with van der Waals surface area (Å²) in [5.74, 6) is -0.700. The summed E-state index contributed by atoms with van der Waals surface area (Å²) >= 11 is 3.41. The number of halogens is 1. The molecule has 23 heavy (non-hydrogen) atoms. The fourth-order valence-electron chi connectivity index (χ4n) is 2.33. The summed E-state index contributed by atoms with van der Waals surface area (Å²) in [6.45, 7) is 3.97. The van der Waals surface area contributed by atoms with Crippen LogP contribution in [0.25, 0.3) is 0 Å². The van der Waals surface area contributed by atoms with E-state index in [1.54, 1.807) is 12.4 Å². The smallest absolute Gasteiger partial charge is 0.332 e. The third-order valence-corrected chi connectivity index (χ3v) is 3.97. The van der Waals surface area contributed by atoms with Crippen molar-refractivity contribution >= 4 is 21.9 Å². The molecule has 2 atom stereocenters. The van der Waals surface area contributed by atoms with Crippen LogP contribution in [0.3, 0.4) is 0 Å². The standard InChI is InChI=1S/C18H20BrNO3/c1-12(2)11-16(18(21)22)23-17(14-7-9-20-10-8-14)13-3-5-15(19)6-4-13/h3-10,12,16-17H,11H2,1-2H3,(H,21,22). The van der Waals surface area contributed by atoms with Crippen molar-refractivity contribution in [2.75, 3.05) is 0 Å². The molecule has 1 aromatic heterocycles. The second-order valence-corrected chi connectivity index (χ2v) is 6.72. The SMILES string of the molecule is CC(C)CC(OC(c1ccncc1)c1ccc(Br)cc1)C(=O)O. The Kier molecular flexibility index (Phi) is 6.30. The predicted octanol–water partition coefficient (Wildman–Crippen LogP) is 4.45. The highest BCUT2D eigenvalue weighted by Crippen LogP contribution is 2.29. The summed E-state index contributed by atoms with van der Waals surface area (Å²) in [6.07, 6.45) is 2.54. The highest BCUT2D eigenvalue weighted by atomic mass is 79.9. The third kappa shape index (κ3) is 5.15. The third-order valence-electron chi connectivity index (χ3n) is 3.44. The first-order chi connectivity index (χ1) is 11.0. The van der Waals surface area contributed by atoms with E-state index in [1.807, 2.05) is 50.2 Å². The Balaban J connectivity index is 2.33. The van der Waals surface area contributed by atoms with Gasteiger partial charge < -0.3 is 9.84 Å². The molecule has 0 aliphatic rings. The van der Waals surface area contributed by atoms with Gasteiger partial charge in [-0.1, -0.05) is 41.9 Å². The number of hydrogen-bond acceptors (Lipinski definition) is 3. The number of carbonyl (C=O) groups is 1. The highest BCUT2D eigenvalue weighted by Gasteiger charge is 2.26. The van der Waals surface area contributed by atoms with Gasteiger partial charge in [0, 0.05) is 16.9 Å². The maximum absolute atomic E-state index is 11.5. The van der Waals surface area contributed by atoms with Gasteiger partial charge in [-0.15, -0.1) is 0 Å². The van der Waals surface area contributed by atoms with Crippen LogP contribution in [0.1, 0.15) is 37.5 Å². The number of carboxylic acid groups (broad SMARTS) is 1. The van der Waals surface area contributed by atoms with Gasteiger partial charge in [-0.2, -0.15) is 0 Å². The number of hydrogen-bond donors (Lipinski definition) is 1. The number of carboxylic acids is 1. The van der Waals surface area contributed by atoms with E-state index in [2.05, 4.69) is 20.9 Å². The lowest BCUT2D eigenvalue weighted by molar-refractivity contribution is -0.154. The van der Waals surface area contributed by atoms with Crippen molar-refractivity contribution in [2.45, 2.75) is 32.5 Å². The van der Waals surface area contributed by atoms with E-state index >= 15 is 0 Å². The van der Waals surface area contributed by atoms with Gasteiger partial charge in [-0.25, -0.2) is 4.79 Å². The quantitative estimate of drug-likeness (QED) is 0.774. The molecule has 1 heterocycles. The molecule has 0 bridgehead atoms. The van der Waals surface area contributed by atoms with Crippen LogP contribution in [-0.2, 0) is 9.53 Å². The van der Waals surface area contributed by atoms with Crippen LogP contribution in [0, 0.1) is 5.92 Å². The van der Waals surface area contributed by atoms with Crippen molar-refractivity contribution in [3.63, 3.8) is 0 Å². The van der Waals surface area contributed by atoms with Gasteiger partial charge in [0.2, 0.25) is 0 Å². The Morgan fingerprint density at radius 3 is 2.22 bits per heavy atom. The fraction of sp³-hybridized carbons (Fsp3) is 0.333. The molecule has 0 spiro atoms. The zero-order valence-electron chi connectivity index (χ0n) is 13.1. The molecule has 0 fully saturated rings. The van der Waals surface area contributed by atoms with E-state index in [1.165, 1.54) is 0 Å². The predicted molar refractivity (Wildman–Crippen MR) is 92.2 cm³/mol. The van der Waals surface area contributed by atoms with Gasteiger partial charge in [0.1, 0.15) is 6.10 Å². The van der Waals surface area contributed by atoms with Crippen LogP contribution in [0.4, 0.5) is 0 Å². The van der Waals surface area contributed by atoms with E-state index in [-0.39, 0.29) is 5.92 Å². The molecule has 0 aliphatic carbocycles. The van der Waals surface area contributed by atoms with E-state index in [4.69, 9.17) is 4.74 Å². The summed E-state index contributed by atoms with van der Waals surface area (Å²) in [7, 11) is 0. The molecule has 122 valence electrons. The molecule has 1 N–H and O–H groups in total. The maximum Gasteiger partial charge on any atom is 0.332 e. The molecule has 2 unspecified atom stereocenters. The summed E-state index contributed by atoms with van der Waals surface area (Å²) in [5.41, 5.74) is 1.80. The lowest BCUT2D eigenvalue weighted by atomic mass is 10.0.